The molecule has 1 aliphatic carbocycles. The number of carbonyl (C=O) groups excluding carboxylic acids is 1. The summed E-state index contributed by atoms with van der Waals surface area (Å²) in [6.07, 6.45) is 1.04. The molecule has 0 aromatic heterocycles. The van der Waals surface area contributed by atoms with Crippen LogP contribution in [0.3, 0.4) is 0 Å². The van der Waals surface area contributed by atoms with Crippen molar-refractivity contribution in [2.45, 2.75) is 19.3 Å². The molecule has 3 nitrogen and oxygen atoms in total. The second kappa shape index (κ2) is 5.33. The zero-order valence-electron chi connectivity index (χ0n) is 11.6. The fraction of sp³-hybridized carbons (Fsp3) is 0.562. The van der Waals surface area contributed by atoms with Gasteiger partial charge in [-0.05, 0) is 24.4 Å². The average Bonchev–Trinajstić information content (AvgIpc) is 3.28. The molecule has 1 aromatic rings. The number of hydrogen-bond acceptors (Lipinski definition) is 2. The minimum absolute atomic E-state index is 0.246. The van der Waals surface area contributed by atoms with E-state index in [9.17, 15) is 4.79 Å². The third kappa shape index (κ3) is 2.66. The fourth-order valence-electron chi connectivity index (χ4n) is 3.06. The van der Waals surface area contributed by atoms with Gasteiger partial charge in [-0.25, -0.2) is 0 Å². The van der Waals surface area contributed by atoms with E-state index in [0.717, 1.165) is 39.1 Å². The topological polar surface area (TPSA) is 23.6 Å². The fourth-order valence-corrected chi connectivity index (χ4v) is 3.06. The summed E-state index contributed by atoms with van der Waals surface area (Å²) in [5.41, 5.74) is 1.33. The molecule has 0 spiro atoms. The van der Waals surface area contributed by atoms with Crippen molar-refractivity contribution in [1.29, 1.82) is 0 Å². The van der Waals surface area contributed by atoms with Gasteiger partial charge >= 0.3 is 0 Å². The molecular weight excluding hydrogens is 236 g/mol. The van der Waals surface area contributed by atoms with E-state index in [1.807, 2.05) is 6.07 Å². The Bertz CT molecular complexity index is 437. The maximum Gasteiger partial charge on any atom is 0.226 e. The standard InChI is InChI=1S/C16H22N2O/c1-2-17-8-10-18(11-9-17)16(19)15-12-14(15)13-6-4-3-5-7-13/h3-7,14-15H,2,8-12H2,1H3/t14-,15-/m0/s1. The van der Waals surface area contributed by atoms with Crippen LogP contribution in [0.1, 0.15) is 24.8 Å². The average molecular weight is 258 g/mol. The largest absolute Gasteiger partial charge is 0.340 e. The molecular formula is C16H22N2O. The van der Waals surface area contributed by atoms with Gasteiger partial charge in [0, 0.05) is 32.1 Å². The maximum absolute atomic E-state index is 12.4. The minimum atomic E-state index is 0.246. The van der Waals surface area contributed by atoms with E-state index in [1.54, 1.807) is 0 Å². The van der Waals surface area contributed by atoms with Crippen LogP contribution in [0.4, 0.5) is 0 Å². The van der Waals surface area contributed by atoms with E-state index < -0.39 is 0 Å². The lowest BCUT2D eigenvalue weighted by Gasteiger charge is -2.34. The number of nitrogens with zero attached hydrogens (tertiary/aromatic N) is 2. The predicted octanol–water partition coefficient (Wildman–Crippen LogP) is 1.95. The number of carbonyl (C=O) groups is 1. The van der Waals surface area contributed by atoms with Crippen LogP contribution >= 0.6 is 0 Å². The summed E-state index contributed by atoms with van der Waals surface area (Å²) < 4.78 is 0. The second-order valence-electron chi connectivity index (χ2n) is 5.62. The van der Waals surface area contributed by atoms with Gasteiger partial charge in [-0.3, -0.25) is 4.79 Å². The van der Waals surface area contributed by atoms with E-state index in [4.69, 9.17) is 0 Å². The third-order valence-corrected chi connectivity index (χ3v) is 4.47. The van der Waals surface area contributed by atoms with Crippen LogP contribution in [-0.2, 0) is 4.79 Å². The monoisotopic (exact) mass is 258 g/mol. The highest BCUT2D eigenvalue weighted by Crippen LogP contribution is 2.48. The Labute approximate surface area is 115 Å². The number of likely N-dealkylation sites (N-methyl/N-ethyl adjacent to an activating group) is 1. The normalized spacial score (nSPS) is 27.3. The zero-order valence-corrected chi connectivity index (χ0v) is 11.6. The minimum Gasteiger partial charge on any atom is -0.340 e. The van der Waals surface area contributed by atoms with Crippen LogP contribution in [-0.4, -0.2) is 48.4 Å². The van der Waals surface area contributed by atoms with E-state index in [0.29, 0.717) is 11.8 Å². The predicted molar refractivity (Wildman–Crippen MR) is 76.0 cm³/mol. The highest BCUT2D eigenvalue weighted by atomic mass is 16.2. The molecule has 0 radical (unpaired) electrons. The van der Waals surface area contributed by atoms with E-state index in [2.05, 4.69) is 41.0 Å². The van der Waals surface area contributed by atoms with Gasteiger partial charge in [-0.2, -0.15) is 0 Å². The lowest BCUT2D eigenvalue weighted by Crippen LogP contribution is -2.49. The van der Waals surface area contributed by atoms with Crippen molar-refractivity contribution in [3.63, 3.8) is 0 Å². The maximum atomic E-state index is 12.4. The number of benzene rings is 1. The van der Waals surface area contributed by atoms with Crippen LogP contribution in [0.5, 0.6) is 0 Å². The van der Waals surface area contributed by atoms with Crippen molar-refractivity contribution in [3.05, 3.63) is 35.9 Å². The Morgan fingerprint density at radius 3 is 2.47 bits per heavy atom. The molecule has 3 rings (SSSR count). The Balaban J connectivity index is 1.56. The van der Waals surface area contributed by atoms with Gasteiger partial charge in [0.1, 0.15) is 0 Å². The molecule has 1 aromatic carbocycles. The molecule has 1 saturated carbocycles. The van der Waals surface area contributed by atoms with Gasteiger partial charge in [-0.15, -0.1) is 0 Å². The zero-order chi connectivity index (χ0) is 13.2. The molecule has 0 unspecified atom stereocenters. The molecule has 0 bridgehead atoms. The van der Waals surface area contributed by atoms with Gasteiger partial charge < -0.3 is 9.80 Å². The van der Waals surface area contributed by atoms with Gasteiger partial charge in [0.05, 0.1) is 0 Å². The molecule has 1 aliphatic heterocycles. The van der Waals surface area contributed by atoms with Crippen molar-refractivity contribution >= 4 is 5.91 Å². The Kier molecular flexibility index (Phi) is 3.56. The molecule has 1 amide bonds. The number of amides is 1. The quantitative estimate of drug-likeness (QED) is 0.827. The molecule has 19 heavy (non-hydrogen) atoms. The van der Waals surface area contributed by atoms with Crippen molar-refractivity contribution in [3.8, 4) is 0 Å². The Hall–Kier alpha value is -1.35. The van der Waals surface area contributed by atoms with Gasteiger partial charge in [0.2, 0.25) is 5.91 Å². The summed E-state index contributed by atoms with van der Waals surface area (Å²) in [6, 6.07) is 10.5. The van der Waals surface area contributed by atoms with E-state index in [-0.39, 0.29) is 5.92 Å². The smallest absolute Gasteiger partial charge is 0.226 e. The first-order valence-corrected chi connectivity index (χ1v) is 7.35. The van der Waals surface area contributed by atoms with Crippen molar-refractivity contribution in [2.75, 3.05) is 32.7 Å². The summed E-state index contributed by atoms with van der Waals surface area (Å²) in [6.45, 7) is 7.16. The van der Waals surface area contributed by atoms with Crippen LogP contribution in [0.2, 0.25) is 0 Å². The van der Waals surface area contributed by atoms with Gasteiger partial charge in [0.15, 0.2) is 0 Å². The molecule has 3 heteroatoms. The van der Waals surface area contributed by atoms with Crippen LogP contribution in [0.25, 0.3) is 0 Å². The van der Waals surface area contributed by atoms with Crippen LogP contribution in [0, 0.1) is 5.92 Å². The molecule has 2 aliphatic rings. The summed E-state index contributed by atoms with van der Waals surface area (Å²) >= 11 is 0. The molecule has 2 fully saturated rings. The summed E-state index contributed by atoms with van der Waals surface area (Å²) in [5, 5.41) is 0. The molecule has 1 saturated heterocycles. The SMILES string of the molecule is CCN1CCN(C(=O)[C@H]2C[C@H]2c2ccccc2)CC1. The number of hydrogen-bond donors (Lipinski definition) is 0. The molecule has 102 valence electrons. The lowest BCUT2D eigenvalue weighted by atomic mass is 10.1. The summed E-state index contributed by atoms with van der Waals surface area (Å²) in [4.78, 5) is 16.9. The Morgan fingerprint density at radius 2 is 1.84 bits per heavy atom. The van der Waals surface area contributed by atoms with Crippen molar-refractivity contribution in [1.82, 2.24) is 9.80 Å². The lowest BCUT2D eigenvalue weighted by molar-refractivity contribution is -0.134. The highest BCUT2D eigenvalue weighted by Gasteiger charge is 2.45. The second-order valence-corrected chi connectivity index (χ2v) is 5.62. The van der Waals surface area contributed by atoms with E-state index in [1.165, 1.54) is 5.56 Å². The number of piperazine rings is 1. The van der Waals surface area contributed by atoms with Gasteiger partial charge in [-0.1, -0.05) is 37.3 Å². The van der Waals surface area contributed by atoms with E-state index >= 15 is 0 Å². The van der Waals surface area contributed by atoms with Crippen LogP contribution in [0.15, 0.2) is 30.3 Å². The number of rotatable bonds is 3. The van der Waals surface area contributed by atoms with Crippen LogP contribution < -0.4 is 0 Å². The Morgan fingerprint density at radius 1 is 1.16 bits per heavy atom. The highest BCUT2D eigenvalue weighted by molar-refractivity contribution is 5.83. The summed E-state index contributed by atoms with van der Waals surface area (Å²) in [5.74, 6) is 1.10. The molecule has 1 heterocycles. The van der Waals surface area contributed by atoms with Crippen molar-refractivity contribution in [2.24, 2.45) is 5.92 Å². The van der Waals surface area contributed by atoms with Gasteiger partial charge in [0.25, 0.3) is 0 Å². The first kappa shape index (κ1) is 12.7. The third-order valence-electron chi connectivity index (χ3n) is 4.47. The molecule has 2 atom stereocenters. The first-order valence-electron chi connectivity index (χ1n) is 7.35. The first-order chi connectivity index (χ1) is 9.29. The van der Waals surface area contributed by atoms with Crippen molar-refractivity contribution < 1.29 is 4.79 Å². The summed E-state index contributed by atoms with van der Waals surface area (Å²) in [7, 11) is 0. The molecule has 0 N–H and O–H groups in total.